The first-order chi connectivity index (χ1) is 15.7. The summed E-state index contributed by atoms with van der Waals surface area (Å²) in [7, 11) is 0. The minimum absolute atomic E-state index is 0.0134. The number of piperidine rings is 2. The molecule has 0 bridgehead atoms. The second-order valence-electron chi connectivity index (χ2n) is 9.97. The van der Waals surface area contributed by atoms with Gasteiger partial charge in [0.2, 0.25) is 5.91 Å². The zero-order valence-corrected chi connectivity index (χ0v) is 18.9. The molecular weight excluding hydrogens is 435 g/mol. The number of likely N-dealkylation sites (tertiary alicyclic amines) is 2. The molecule has 0 spiro atoms. The van der Waals surface area contributed by atoms with Gasteiger partial charge in [0.05, 0.1) is 12.0 Å². The Morgan fingerprint density at radius 2 is 1.73 bits per heavy atom. The van der Waals surface area contributed by atoms with Gasteiger partial charge in [-0.25, -0.2) is 4.79 Å². The fraction of sp³-hybridized carbons (Fsp3) is 0.750. The number of alkyl halides is 3. The lowest BCUT2D eigenvalue weighted by Crippen LogP contribution is -2.57. The van der Waals surface area contributed by atoms with Crippen molar-refractivity contribution in [1.29, 1.82) is 0 Å². The van der Waals surface area contributed by atoms with Crippen LogP contribution in [0.3, 0.4) is 0 Å². The van der Waals surface area contributed by atoms with Gasteiger partial charge in [-0.1, -0.05) is 31.1 Å². The average molecular weight is 470 g/mol. The molecule has 184 valence electrons. The van der Waals surface area contributed by atoms with E-state index in [1.165, 1.54) is 6.08 Å². The maximum absolute atomic E-state index is 13.2. The Morgan fingerprint density at radius 1 is 1.03 bits per heavy atom. The first kappa shape index (κ1) is 24.1. The van der Waals surface area contributed by atoms with Crippen molar-refractivity contribution in [2.45, 2.75) is 69.7 Å². The number of nitrogens with one attached hydrogen (secondary N) is 1. The molecule has 9 heteroatoms. The van der Waals surface area contributed by atoms with E-state index in [4.69, 9.17) is 0 Å². The predicted molar refractivity (Wildman–Crippen MR) is 117 cm³/mol. The van der Waals surface area contributed by atoms with Gasteiger partial charge in [-0.15, -0.1) is 0 Å². The Hall–Kier alpha value is -2.03. The molecule has 4 aliphatic rings. The van der Waals surface area contributed by atoms with Crippen LogP contribution in [0.15, 0.2) is 23.8 Å². The largest absolute Gasteiger partial charge is 0.395 e. The third-order valence-corrected chi connectivity index (χ3v) is 7.55. The summed E-state index contributed by atoms with van der Waals surface area (Å²) in [4.78, 5) is 29.5. The number of halogens is 3. The predicted octanol–water partition coefficient (Wildman–Crippen LogP) is 3.62. The summed E-state index contributed by atoms with van der Waals surface area (Å²) in [6, 6.07) is -0.355. The van der Waals surface area contributed by atoms with Gasteiger partial charge in [-0.3, -0.25) is 4.79 Å². The van der Waals surface area contributed by atoms with Crippen molar-refractivity contribution >= 4 is 11.9 Å². The van der Waals surface area contributed by atoms with Crippen molar-refractivity contribution in [3.05, 3.63) is 23.8 Å². The molecule has 1 saturated carbocycles. The van der Waals surface area contributed by atoms with Gasteiger partial charge in [0.25, 0.3) is 0 Å². The summed E-state index contributed by atoms with van der Waals surface area (Å²) >= 11 is 0. The lowest BCUT2D eigenvalue weighted by atomic mass is 9.83. The van der Waals surface area contributed by atoms with Crippen molar-refractivity contribution in [1.82, 2.24) is 15.1 Å². The molecule has 2 N–H and O–H groups in total. The highest BCUT2D eigenvalue weighted by atomic mass is 19.4. The number of amides is 3. The molecule has 0 aromatic rings. The standard InChI is InChI=1S/C24H34F3N3O3/c25-24(26,27)19-7-5-16(6-8-19)18-13-20(28-22(32)17-3-1-2-4-17)15-30(14-18)23(33)29-11-9-21(31)10-12-29/h5-7,17-21,31H,1-4,8-15H2,(H,28,32). The molecule has 4 rings (SSSR count). The summed E-state index contributed by atoms with van der Waals surface area (Å²) in [5, 5.41) is 12.9. The topological polar surface area (TPSA) is 72.9 Å². The number of aliphatic hydroxyl groups is 1. The van der Waals surface area contributed by atoms with Gasteiger partial charge in [0, 0.05) is 44.1 Å². The van der Waals surface area contributed by atoms with E-state index in [9.17, 15) is 27.9 Å². The zero-order valence-electron chi connectivity index (χ0n) is 18.9. The van der Waals surface area contributed by atoms with Gasteiger partial charge in [-0.05, 0) is 44.1 Å². The molecule has 2 aliphatic heterocycles. The fourth-order valence-electron chi connectivity index (χ4n) is 5.55. The van der Waals surface area contributed by atoms with Crippen LogP contribution in [0.4, 0.5) is 18.0 Å². The smallest absolute Gasteiger partial charge is 0.393 e. The van der Waals surface area contributed by atoms with Crippen LogP contribution in [0.1, 0.15) is 51.4 Å². The lowest BCUT2D eigenvalue weighted by molar-refractivity contribution is -0.160. The molecule has 33 heavy (non-hydrogen) atoms. The third-order valence-electron chi connectivity index (χ3n) is 7.55. The summed E-state index contributed by atoms with van der Waals surface area (Å²) < 4.78 is 39.2. The number of carbonyl (C=O) groups excluding carboxylic acids is 2. The number of allylic oxidation sites excluding steroid dienone is 3. The quantitative estimate of drug-likeness (QED) is 0.663. The second-order valence-corrected chi connectivity index (χ2v) is 9.97. The first-order valence-corrected chi connectivity index (χ1v) is 12.2. The minimum atomic E-state index is -4.26. The summed E-state index contributed by atoms with van der Waals surface area (Å²) in [5.41, 5.74) is 0.808. The second kappa shape index (κ2) is 10.1. The van der Waals surface area contributed by atoms with Crippen molar-refractivity contribution in [3.8, 4) is 0 Å². The number of hydrogen-bond acceptors (Lipinski definition) is 3. The molecule has 2 aliphatic carbocycles. The van der Waals surface area contributed by atoms with Gasteiger partial charge in [0.1, 0.15) is 0 Å². The maximum atomic E-state index is 13.2. The molecule has 3 unspecified atom stereocenters. The van der Waals surface area contributed by atoms with Gasteiger partial charge < -0.3 is 20.2 Å². The Labute approximate surface area is 192 Å². The number of nitrogens with zero attached hydrogens (tertiary/aromatic N) is 2. The summed E-state index contributed by atoms with van der Waals surface area (Å²) in [5.74, 6) is -1.56. The summed E-state index contributed by atoms with van der Waals surface area (Å²) in [6.45, 7) is 1.78. The van der Waals surface area contributed by atoms with E-state index in [-0.39, 0.29) is 42.3 Å². The van der Waals surface area contributed by atoms with Gasteiger partial charge >= 0.3 is 12.2 Å². The van der Waals surface area contributed by atoms with Crippen molar-refractivity contribution in [2.24, 2.45) is 17.8 Å². The van der Waals surface area contributed by atoms with E-state index < -0.39 is 12.1 Å². The Kier molecular flexibility index (Phi) is 7.36. The molecule has 2 saturated heterocycles. The molecule has 3 atom stereocenters. The number of rotatable bonds is 3. The molecule has 0 aromatic carbocycles. The number of hydrogen-bond donors (Lipinski definition) is 2. The highest BCUT2D eigenvalue weighted by Crippen LogP contribution is 2.36. The zero-order chi connectivity index (χ0) is 23.6. The average Bonchev–Trinajstić information content (AvgIpc) is 3.34. The van der Waals surface area contributed by atoms with Crippen LogP contribution in [0, 0.1) is 17.8 Å². The van der Waals surface area contributed by atoms with E-state index in [2.05, 4.69) is 5.32 Å². The molecule has 3 amide bonds. The highest BCUT2D eigenvalue weighted by molar-refractivity contribution is 5.79. The Bertz CT molecular complexity index is 784. The van der Waals surface area contributed by atoms with E-state index in [0.717, 1.165) is 31.3 Å². The molecule has 3 fully saturated rings. The molecule has 6 nitrogen and oxygen atoms in total. The van der Waals surface area contributed by atoms with E-state index in [1.54, 1.807) is 22.0 Å². The van der Waals surface area contributed by atoms with Gasteiger partial charge in [-0.2, -0.15) is 13.2 Å². The fourth-order valence-corrected chi connectivity index (χ4v) is 5.55. The maximum Gasteiger partial charge on any atom is 0.395 e. The van der Waals surface area contributed by atoms with Gasteiger partial charge in [0.15, 0.2) is 0 Å². The molecule has 0 radical (unpaired) electrons. The molecular formula is C24H34F3N3O3. The van der Waals surface area contributed by atoms with E-state index >= 15 is 0 Å². The normalized spacial score (nSPS) is 29.8. The van der Waals surface area contributed by atoms with Crippen molar-refractivity contribution in [2.75, 3.05) is 26.2 Å². The minimum Gasteiger partial charge on any atom is -0.393 e. The Balaban J connectivity index is 1.46. The van der Waals surface area contributed by atoms with Crippen LogP contribution >= 0.6 is 0 Å². The summed E-state index contributed by atoms with van der Waals surface area (Å²) in [6.07, 6.45) is 5.21. The molecule has 0 aromatic heterocycles. The van der Waals surface area contributed by atoms with E-state index in [0.29, 0.717) is 45.4 Å². The number of urea groups is 1. The monoisotopic (exact) mass is 469 g/mol. The SMILES string of the molecule is O=C(NC1CC(C2=CCC(C(F)(F)F)C=C2)CN(C(=O)N2CCC(O)CC2)C1)C1CCCC1. The van der Waals surface area contributed by atoms with Crippen LogP contribution in [-0.2, 0) is 4.79 Å². The van der Waals surface area contributed by atoms with Crippen LogP contribution in [-0.4, -0.2) is 71.3 Å². The van der Waals surface area contributed by atoms with Crippen molar-refractivity contribution in [3.63, 3.8) is 0 Å². The first-order valence-electron chi connectivity index (χ1n) is 12.2. The molecule has 2 heterocycles. The lowest BCUT2D eigenvalue weighted by Gasteiger charge is -2.42. The number of carbonyl (C=O) groups is 2. The highest BCUT2D eigenvalue weighted by Gasteiger charge is 2.40. The van der Waals surface area contributed by atoms with Crippen LogP contribution in [0.2, 0.25) is 0 Å². The van der Waals surface area contributed by atoms with Crippen LogP contribution in [0.5, 0.6) is 0 Å². The van der Waals surface area contributed by atoms with E-state index in [1.807, 2.05) is 0 Å². The van der Waals surface area contributed by atoms with Crippen LogP contribution < -0.4 is 5.32 Å². The van der Waals surface area contributed by atoms with Crippen molar-refractivity contribution < 1.29 is 27.9 Å². The van der Waals surface area contributed by atoms with Crippen LogP contribution in [0.25, 0.3) is 0 Å². The number of aliphatic hydroxyl groups excluding tert-OH is 1. The third kappa shape index (κ3) is 5.91. The Morgan fingerprint density at radius 3 is 2.33 bits per heavy atom.